The van der Waals surface area contributed by atoms with Crippen LogP contribution in [0.1, 0.15) is 27.7 Å². The van der Waals surface area contributed by atoms with Crippen molar-refractivity contribution in [2.75, 3.05) is 7.11 Å². The van der Waals surface area contributed by atoms with Gasteiger partial charge in [0.2, 0.25) is 5.54 Å². The van der Waals surface area contributed by atoms with Gasteiger partial charge in [-0.15, -0.1) is 0 Å². The Balaban J connectivity index is 3.59. The number of hydroxylamine groups is 2. The van der Waals surface area contributed by atoms with Gasteiger partial charge in [-0.05, 0) is 6.92 Å². The van der Waals surface area contributed by atoms with Gasteiger partial charge in [0.15, 0.2) is 0 Å². The molecule has 1 aliphatic rings. The third-order valence-corrected chi connectivity index (χ3v) is 2.90. The zero-order valence-corrected chi connectivity index (χ0v) is 12.0. The van der Waals surface area contributed by atoms with Crippen molar-refractivity contribution in [2.24, 2.45) is 15.7 Å². The van der Waals surface area contributed by atoms with E-state index in [2.05, 4.69) is 20.5 Å². The van der Waals surface area contributed by atoms with Crippen LogP contribution in [0.2, 0.25) is 0 Å². The van der Waals surface area contributed by atoms with Gasteiger partial charge in [0, 0.05) is 5.41 Å². The van der Waals surface area contributed by atoms with Gasteiger partial charge in [-0.1, -0.05) is 25.9 Å². The van der Waals surface area contributed by atoms with Crippen LogP contribution < -0.4 is 5.43 Å². The highest BCUT2D eigenvalue weighted by molar-refractivity contribution is 6.35. The SMILES string of the molecule is CO/N=C(\C)C1(N(O)C(=O)O)C(=O)NN=C1C(C)(C)C. The maximum Gasteiger partial charge on any atom is 0.433 e. The van der Waals surface area contributed by atoms with Crippen LogP contribution in [-0.2, 0) is 9.63 Å². The van der Waals surface area contributed by atoms with Crippen molar-refractivity contribution >= 4 is 23.4 Å². The second kappa shape index (κ2) is 5.08. The minimum Gasteiger partial charge on any atom is -0.463 e. The minimum atomic E-state index is -2.04. The number of carbonyl (C=O) groups is 2. The molecule has 0 saturated carbocycles. The molecule has 1 aliphatic heterocycles. The number of rotatable bonds is 3. The summed E-state index contributed by atoms with van der Waals surface area (Å²) in [6, 6.07) is 0. The third kappa shape index (κ3) is 2.20. The molecule has 2 amide bonds. The van der Waals surface area contributed by atoms with Crippen LogP contribution in [0.3, 0.4) is 0 Å². The maximum atomic E-state index is 12.2. The zero-order chi connectivity index (χ0) is 15.7. The molecule has 0 fully saturated rings. The lowest BCUT2D eigenvalue weighted by Crippen LogP contribution is -2.66. The molecule has 0 radical (unpaired) electrons. The highest BCUT2D eigenvalue weighted by Gasteiger charge is 2.60. The number of amides is 2. The molecular weight excluding hydrogens is 268 g/mol. The van der Waals surface area contributed by atoms with Crippen LogP contribution in [0.15, 0.2) is 10.3 Å². The van der Waals surface area contributed by atoms with Gasteiger partial charge in [-0.25, -0.2) is 10.2 Å². The summed E-state index contributed by atoms with van der Waals surface area (Å²) >= 11 is 0. The fraction of sp³-hybridized carbons (Fsp3) is 0.636. The molecule has 9 nitrogen and oxygen atoms in total. The van der Waals surface area contributed by atoms with Gasteiger partial charge in [-0.2, -0.15) is 10.2 Å². The average Bonchev–Trinajstić information content (AvgIpc) is 2.66. The summed E-state index contributed by atoms with van der Waals surface area (Å²) in [6.07, 6.45) is -1.70. The second-order valence-electron chi connectivity index (χ2n) is 5.32. The highest BCUT2D eigenvalue weighted by atomic mass is 16.6. The van der Waals surface area contributed by atoms with Gasteiger partial charge in [0.1, 0.15) is 7.11 Å². The first-order chi connectivity index (χ1) is 9.10. The van der Waals surface area contributed by atoms with Crippen molar-refractivity contribution in [1.82, 2.24) is 10.5 Å². The summed E-state index contributed by atoms with van der Waals surface area (Å²) in [7, 11) is 1.25. The second-order valence-corrected chi connectivity index (χ2v) is 5.32. The van der Waals surface area contributed by atoms with E-state index in [9.17, 15) is 14.8 Å². The standard InChI is InChI=1S/C11H18N4O5/c1-6(14-20-5)11(15(19)9(17)18)7(10(2,3)4)12-13-8(11)16/h19H,1-5H3,(H,13,16)(H,17,18)/b14-6+. The predicted molar refractivity (Wildman–Crippen MR) is 69.5 cm³/mol. The molecule has 9 heteroatoms. The van der Waals surface area contributed by atoms with Crippen LogP contribution in [0.4, 0.5) is 4.79 Å². The minimum absolute atomic E-state index is 0.0476. The molecule has 0 aromatic heterocycles. The zero-order valence-electron chi connectivity index (χ0n) is 12.0. The Hall–Kier alpha value is -2.16. The number of hydrazone groups is 1. The van der Waals surface area contributed by atoms with E-state index in [0.717, 1.165) is 0 Å². The number of nitrogens with one attached hydrogen (secondary N) is 1. The van der Waals surface area contributed by atoms with E-state index in [1.807, 2.05) is 0 Å². The average molecular weight is 286 g/mol. The van der Waals surface area contributed by atoms with Gasteiger partial charge in [0.25, 0.3) is 5.91 Å². The van der Waals surface area contributed by atoms with Gasteiger partial charge in [-0.3, -0.25) is 10.0 Å². The number of nitrogens with zero attached hydrogens (tertiary/aromatic N) is 3. The van der Waals surface area contributed by atoms with E-state index in [-0.39, 0.29) is 16.5 Å². The Morgan fingerprint density at radius 1 is 1.50 bits per heavy atom. The fourth-order valence-corrected chi connectivity index (χ4v) is 2.12. The van der Waals surface area contributed by atoms with Crippen molar-refractivity contribution in [3.63, 3.8) is 0 Å². The first kappa shape index (κ1) is 15.9. The van der Waals surface area contributed by atoms with Crippen LogP contribution in [-0.4, -0.2) is 51.4 Å². The van der Waals surface area contributed by atoms with E-state index in [4.69, 9.17) is 5.11 Å². The van der Waals surface area contributed by atoms with Crippen LogP contribution in [0, 0.1) is 5.41 Å². The summed E-state index contributed by atoms with van der Waals surface area (Å²) in [6.45, 7) is 6.58. The van der Waals surface area contributed by atoms with Gasteiger partial charge >= 0.3 is 6.09 Å². The molecular formula is C11H18N4O5. The highest BCUT2D eigenvalue weighted by Crippen LogP contribution is 2.33. The molecule has 0 bridgehead atoms. The Morgan fingerprint density at radius 2 is 2.05 bits per heavy atom. The molecule has 112 valence electrons. The van der Waals surface area contributed by atoms with Crippen LogP contribution in [0.5, 0.6) is 0 Å². The number of hydrogen-bond donors (Lipinski definition) is 3. The summed E-state index contributed by atoms with van der Waals surface area (Å²) < 4.78 is 0. The van der Waals surface area contributed by atoms with Crippen molar-refractivity contribution in [2.45, 2.75) is 33.2 Å². The quantitative estimate of drug-likeness (QED) is 0.399. The number of carbonyl (C=O) groups excluding carboxylic acids is 1. The Morgan fingerprint density at radius 3 is 2.45 bits per heavy atom. The van der Waals surface area contributed by atoms with E-state index in [1.165, 1.54) is 14.0 Å². The summed E-state index contributed by atoms with van der Waals surface area (Å²) in [5.41, 5.74) is -0.470. The molecule has 0 aliphatic carbocycles. The predicted octanol–water partition coefficient (Wildman–Crippen LogP) is 0.649. The lowest BCUT2D eigenvalue weighted by Gasteiger charge is -2.36. The third-order valence-electron chi connectivity index (χ3n) is 2.90. The largest absolute Gasteiger partial charge is 0.463 e. The van der Waals surface area contributed by atoms with Crippen molar-refractivity contribution in [3.05, 3.63) is 0 Å². The fourth-order valence-electron chi connectivity index (χ4n) is 2.12. The topological polar surface area (TPSA) is 124 Å². The van der Waals surface area contributed by atoms with E-state index < -0.39 is 23.0 Å². The molecule has 1 unspecified atom stereocenters. The lowest BCUT2D eigenvalue weighted by molar-refractivity contribution is -0.142. The van der Waals surface area contributed by atoms with E-state index >= 15 is 0 Å². The van der Waals surface area contributed by atoms with E-state index in [0.29, 0.717) is 0 Å². The number of oxime groups is 1. The molecule has 0 spiro atoms. The lowest BCUT2D eigenvalue weighted by atomic mass is 9.75. The Kier molecular flexibility index (Phi) is 4.04. The monoisotopic (exact) mass is 286 g/mol. The van der Waals surface area contributed by atoms with Gasteiger partial charge in [0.05, 0.1) is 11.4 Å². The first-order valence-electron chi connectivity index (χ1n) is 5.79. The van der Waals surface area contributed by atoms with Crippen LogP contribution >= 0.6 is 0 Å². The molecule has 0 saturated heterocycles. The summed E-state index contributed by atoms with van der Waals surface area (Å²) in [4.78, 5) is 28.0. The molecule has 1 rings (SSSR count). The number of hydrogen-bond acceptors (Lipinski definition) is 6. The first-order valence-corrected chi connectivity index (χ1v) is 5.79. The molecule has 0 aromatic rings. The molecule has 1 heterocycles. The van der Waals surface area contributed by atoms with Crippen LogP contribution in [0.25, 0.3) is 0 Å². The van der Waals surface area contributed by atoms with Crippen molar-refractivity contribution < 1.29 is 24.7 Å². The van der Waals surface area contributed by atoms with Gasteiger partial charge < -0.3 is 9.94 Å². The molecule has 1 atom stereocenters. The maximum absolute atomic E-state index is 12.2. The summed E-state index contributed by atoms with van der Waals surface area (Å²) in [5, 5.41) is 26.4. The molecule has 3 N–H and O–H groups in total. The Bertz CT molecular complexity index is 494. The summed E-state index contributed by atoms with van der Waals surface area (Å²) in [5.74, 6) is -0.814. The van der Waals surface area contributed by atoms with E-state index in [1.54, 1.807) is 20.8 Å². The van der Waals surface area contributed by atoms with Crippen molar-refractivity contribution in [3.8, 4) is 0 Å². The Labute approximate surface area is 115 Å². The van der Waals surface area contributed by atoms with Crippen molar-refractivity contribution in [1.29, 1.82) is 0 Å². The molecule has 20 heavy (non-hydrogen) atoms. The normalized spacial score (nSPS) is 23.2. The number of carboxylic acid groups (broad SMARTS) is 1. The molecule has 0 aromatic carbocycles. The smallest absolute Gasteiger partial charge is 0.433 e.